The molecule has 0 bridgehead atoms. The Bertz CT molecular complexity index is 1250. The van der Waals surface area contributed by atoms with Crippen molar-refractivity contribution in [1.82, 2.24) is 5.32 Å². The topological polar surface area (TPSA) is 89.8 Å². The highest BCUT2D eigenvalue weighted by Gasteiger charge is 2.26. The van der Waals surface area contributed by atoms with Crippen LogP contribution in [0.3, 0.4) is 0 Å². The summed E-state index contributed by atoms with van der Waals surface area (Å²) in [5, 5.41) is 8.67. The zero-order chi connectivity index (χ0) is 24.6. The summed E-state index contributed by atoms with van der Waals surface area (Å²) in [6.45, 7) is 4.36. The van der Waals surface area contributed by atoms with Gasteiger partial charge in [-0.05, 0) is 31.5 Å². The van der Waals surface area contributed by atoms with Gasteiger partial charge in [0, 0.05) is 22.1 Å². The van der Waals surface area contributed by atoms with Crippen molar-refractivity contribution >= 4 is 28.0 Å². The number of Topliss-reactive ketones (excluding diaryl/α,β-unsaturated/α-hetero) is 1. The van der Waals surface area contributed by atoms with Crippen LogP contribution in [0.25, 0.3) is 11.1 Å². The van der Waals surface area contributed by atoms with Gasteiger partial charge in [0.1, 0.15) is 6.61 Å². The summed E-state index contributed by atoms with van der Waals surface area (Å²) in [5.74, 6) is -0.666. The summed E-state index contributed by atoms with van der Waals surface area (Å²) in [4.78, 5) is 36.8. The van der Waals surface area contributed by atoms with Crippen LogP contribution in [0, 0.1) is 6.92 Å². The Morgan fingerprint density at radius 3 is 2.46 bits per heavy atom. The zero-order valence-electron chi connectivity index (χ0n) is 19.4. The predicted octanol–water partition coefficient (Wildman–Crippen LogP) is 5.84. The fourth-order valence-corrected chi connectivity index (χ4v) is 4.49. The summed E-state index contributed by atoms with van der Waals surface area (Å²) in [7, 11) is 0. The minimum atomic E-state index is -1.04. The number of rotatable bonds is 11. The maximum absolute atomic E-state index is 13.5. The zero-order valence-corrected chi connectivity index (χ0v) is 20.3. The molecule has 4 rings (SSSR count). The van der Waals surface area contributed by atoms with Crippen molar-refractivity contribution in [1.29, 1.82) is 0 Å². The second-order valence-corrected chi connectivity index (χ2v) is 8.63. The van der Waals surface area contributed by atoms with Crippen molar-refractivity contribution in [2.24, 2.45) is 0 Å². The largest absolute Gasteiger partial charge is 0.459 e. The van der Waals surface area contributed by atoms with E-state index in [1.165, 1.54) is 17.6 Å². The van der Waals surface area contributed by atoms with Crippen molar-refractivity contribution in [2.75, 3.05) is 11.9 Å². The van der Waals surface area contributed by atoms with Crippen molar-refractivity contribution < 1.29 is 23.8 Å². The summed E-state index contributed by atoms with van der Waals surface area (Å²) < 4.78 is 5.21. The number of ketones is 1. The monoisotopic (exact) mass is 490 g/mol. The third kappa shape index (κ3) is 6.05. The molecule has 7 nitrogen and oxygen atoms in total. The molecule has 8 heteroatoms. The molecule has 2 aromatic carbocycles. The van der Waals surface area contributed by atoms with Gasteiger partial charge in [-0.3, -0.25) is 9.59 Å². The molecule has 0 saturated carbocycles. The van der Waals surface area contributed by atoms with Crippen LogP contribution in [-0.2, 0) is 16.4 Å². The molecule has 0 aliphatic carbocycles. The van der Waals surface area contributed by atoms with Gasteiger partial charge in [-0.1, -0.05) is 60.2 Å². The van der Waals surface area contributed by atoms with E-state index in [0.29, 0.717) is 17.2 Å². The molecule has 0 aliphatic rings. The molecule has 0 radical (unpaired) electrons. The summed E-state index contributed by atoms with van der Waals surface area (Å²) in [6, 6.07) is 20.2. The van der Waals surface area contributed by atoms with Crippen molar-refractivity contribution in [3.8, 4) is 11.1 Å². The van der Waals surface area contributed by atoms with E-state index in [0.717, 1.165) is 22.3 Å². The maximum Gasteiger partial charge on any atom is 0.288 e. The van der Waals surface area contributed by atoms with E-state index in [1.807, 2.05) is 61.7 Å². The fraction of sp³-hybridized carbons (Fsp3) is 0.185. The first kappa shape index (κ1) is 24.4. The number of hydrogen-bond acceptors (Lipinski definition) is 7. The lowest BCUT2D eigenvalue weighted by molar-refractivity contribution is -0.300. The molecule has 180 valence electrons. The van der Waals surface area contributed by atoms with Gasteiger partial charge in [0.25, 0.3) is 5.91 Å². The molecule has 0 aliphatic heterocycles. The number of anilines is 1. The summed E-state index contributed by atoms with van der Waals surface area (Å²) >= 11 is 1.42. The van der Waals surface area contributed by atoms with Gasteiger partial charge in [-0.2, -0.15) is 0 Å². The molecule has 2 heterocycles. The van der Waals surface area contributed by atoms with Crippen LogP contribution in [0.2, 0.25) is 0 Å². The van der Waals surface area contributed by atoms with Crippen LogP contribution in [0.5, 0.6) is 0 Å². The first-order chi connectivity index (χ1) is 17.1. The van der Waals surface area contributed by atoms with Crippen LogP contribution in [0.15, 0.2) is 82.8 Å². The molecule has 0 saturated heterocycles. The van der Waals surface area contributed by atoms with E-state index in [9.17, 15) is 9.59 Å². The highest BCUT2D eigenvalue weighted by atomic mass is 32.1. The van der Waals surface area contributed by atoms with Gasteiger partial charge >= 0.3 is 0 Å². The standard InChI is InChI=1S/C27H26N2O5S/c1-3-33-34-16-21-22(19-8-5-4-6-9-19)17-35-27(21)29-25(28-26(31)23-10-7-15-32-23)24(30)20-13-11-18(2)12-14-20/h4-15,17,25,29H,3,16H2,1-2H3,(H,28,31). The Balaban J connectivity index is 1.66. The second kappa shape index (κ2) is 11.6. The molecule has 0 fully saturated rings. The molecular weight excluding hydrogens is 464 g/mol. The van der Waals surface area contributed by atoms with Gasteiger partial charge in [-0.15, -0.1) is 11.3 Å². The third-order valence-corrected chi connectivity index (χ3v) is 6.23. The number of hydrogen-bond donors (Lipinski definition) is 2. The second-order valence-electron chi connectivity index (χ2n) is 7.75. The Morgan fingerprint density at radius 1 is 1.00 bits per heavy atom. The molecule has 1 atom stereocenters. The average molecular weight is 491 g/mol. The highest BCUT2D eigenvalue weighted by Crippen LogP contribution is 2.36. The maximum atomic E-state index is 13.5. The van der Waals surface area contributed by atoms with E-state index >= 15 is 0 Å². The number of aryl methyl sites for hydroxylation is 1. The summed E-state index contributed by atoms with van der Waals surface area (Å²) in [6.07, 6.45) is 0.372. The van der Waals surface area contributed by atoms with Crippen LogP contribution >= 0.6 is 11.3 Å². The first-order valence-electron chi connectivity index (χ1n) is 11.2. The fourth-order valence-electron chi connectivity index (χ4n) is 3.48. The van der Waals surface area contributed by atoms with Gasteiger partial charge < -0.3 is 15.1 Å². The average Bonchev–Trinajstić information content (AvgIpc) is 3.55. The number of benzene rings is 2. The molecule has 2 aromatic heterocycles. The minimum Gasteiger partial charge on any atom is -0.459 e. The van der Waals surface area contributed by atoms with Crippen LogP contribution in [0.4, 0.5) is 5.00 Å². The van der Waals surface area contributed by atoms with Gasteiger partial charge in [0.05, 0.1) is 17.9 Å². The van der Waals surface area contributed by atoms with E-state index in [1.54, 1.807) is 24.3 Å². The number of carbonyl (C=O) groups excluding carboxylic acids is 2. The normalized spacial score (nSPS) is 11.7. The lowest BCUT2D eigenvalue weighted by Gasteiger charge is -2.20. The number of amides is 1. The summed E-state index contributed by atoms with van der Waals surface area (Å²) in [5.41, 5.74) is 4.29. The molecule has 2 N–H and O–H groups in total. The third-order valence-electron chi connectivity index (χ3n) is 5.28. The van der Waals surface area contributed by atoms with Crippen LogP contribution in [0.1, 0.15) is 39.0 Å². The van der Waals surface area contributed by atoms with Crippen LogP contribution in [-0.4, -0.2) is 24.5 Å². The van der Waals surface area contributed by atoms with Crippen molar-refractivity contribution in [3.05, 3.63) is 101 Å². The number of furan rings is 1. The highest BCUT2D eigenvalue weighted by molar-refractivity contribution is 7.14. The lowest BCUT2D eigenvalue weighted by atomic mass is 10.0. The smallest absolute Gasteiger partial charge is 0.288 e. The Morgan fingerprint density at radius 2 is 1.77 bits per heavy atom. The predicted molar refractivity (Wildman–Crippen MR) is 135 cm³/mol. The Hall–Kier alpha value is -3.72. The van der Waals surface area contributed by atoms with Crippen LogP contribution < -0.4 is 10.6 Å². The van der Waals surface area contributed by atoms with Crippen molar-refractivity contribution in [3.63, 3.8) is 0 Å². The Kier molecular flexibility index (Phi) is 8.10. The van der Waals surface area contributed by atoms with E-state index in [-0.39, 0.29) is 18.2 Å². The molecule has 1 amide bonds. The van der Waals surface area contributed by atoms with E-state index in [4.69, 9.17) is 14.2 Å². The lowest BCUT2D eigenvalue weighted by Crippen LogP contribution is -2.46. The molecule has 0 spiro atoms. The number of carbonyl (C=O) groups is 2. The molecule has 1 unspecified atom stereocenters. The minimum absolute atomic E-state index is 0.115. The van der Waals surface area contributed by atoms with E-state index in [2.05, 4.69) is 10.6 Å². The van der Waals surface area contributed by atoms with Gasteiger partial charge in [0.15, 0.2) is 11.9 Å². The quantitative estimate of drug-likeness (QED) is 0.0903. The number of nitrogens with one attached hydrogen (secondary N) is 2. The molecule has 35 heavy (non-hydrogen) atoms. The molecular formula is C27H26N2O5S. The van der Waals surface area contributed by atoms with Gasteiger partial charge in [-0.25, -0.2) is 9.78 Å². The van der Waals surface area contributed by atoms with Crippen molar-refractivity contribution in [2.45, 2.75) is 26.6 Å². The molecule has 4 aromatic rings. The SMILES string of the molecule is CCOOCc1c(-c2ccccc2)csc1NC(NC(=O)c1ccco1)C(=O)c1ccc(C)cc1. The van der Waals surface area contributed by atoms with Gasteiger partial charge in [0.2, 0.25) is 5.78 Å². The Labute approximate surface area is 207 Å². The first-order valence-corrected chi connectivity index (χ1v) is 12.1. The number of thiophene rings is 1. The van der Waals surface area contributed by atoms with E-state index < -0.39 is 12.1 Å².